The fourth-order valence-corrected chi connectivity index (χ4v) is 1.62. The first-order valence-corrected chi connectivity index (χ1v) is 5.45. The van der Waals surface area contributed by atoms with Crippen molar-refractivity contribution in [3.8, 4) is 6.07 Å². The molecular weight excluding hydrogens is 293 g/mol. The molecule has 3 N–H and O–H groups in total. The molecule has 8 heteroatoms. The van der Waals surface area contributed by atoms with E-state index in [2.05, 4.69) is 0 Å². The van der Waals surface area contributed by atoms with Gasteiger partial charge in [-0.3, -0.25) is 0 Å². The van der Waals surface area contributed by atoms with Gasteiger partial charge in [0.15, 0.2) is 23.3 Å². The quantitative estimate of drug-likeness (QED) is 0.385. The lowest BCUT2D eigenvalue weighted by atomic mass is 10.1. The summed E-state index contributed by atoms with van der Waals surface area (Å²) in [7, 11) is 0. The fourth-order valence-electron chi connectivity index (χ4n) is 1.62. The Morgan fingerprint density at radius 2 is 1.43 bits per heavy atom. The maximum atomic E-state index is 13.5. The van der Waals surface area contributed by atoms with E-state index in [1.165, 1.54) is 18.2 Å². The molecule has 2 rings (SSSR count). The Kier molecular flexibility index (Phi) is 3.67. The van der Waals surface area contributed by atoms with E-state index in [9.17, 15) is 22.0 Å². The third-order valence-electron chi connectivity index (χ3n) is 2.70. The molecule has 0 aliphatic carbocycles. The standard InChI is InChI=1S/C13H6F5N3/c14-7-8(15)10(17)13(11(18)9(7)16)21-6-3-1-2-5(4-19)12(6)20/h1-3,21H,20H2. The van der Waals surface area contributed by atoms with Crippen LogP contribution in [0.3, 0.4) is 0 Å². The van der Waals surface area contributed by atoms with E-state index in [1.54, 1.807) is 6.07 Å². The minimum Gasteiger partial charge on any atom is -0.396 e. The van der Waals surface area contributed by atoms with Crippen LogP contribution in [0.25, 0.3) is 0 Å². The summed E-state index contributed by atoms with van der Waals surface area (Å²) < 4.78 is 66.1. The number of benzene rings is 2. The zero-order valence-corrected chi connectivity index (χ0v) is 10.1. The van der Waals surface area contributed by atoms with E-state index >= 15 is 0 Å². The third-order valence-corrected chi connectivity index (χ3v) is 2.70. The van der Waals surface area contributed by atoms with Crippen LogP contribution >= 0.6 is 0 Å². The van der Waals surface area contributed by atoms with Crippen molar-refractivity contribution in [1.29, 1.82) is 5.26 Å². The summed E-state index contributed by atoms with van der Waals surface area (Å²) in [6.07, 6.45) is 0. The first kappa shape index (κ1) is 14.6. The van der Waals surface area contributed by atoms with Gasteiger partial charge in [0, 0.05) is 0 Å². The van der Waals surface area contributed by atoms with Crippen LogP contribution in [-0.4, -0.2) is 0 Å². The van der Waals surface area contributed by atoms with Gasteiger partial charge in [-0.05, 0) is 12.1 Å². The van der Waals surface area contributed by atoms with E-state index in [-0.39, 0.29) is 16.9 Å². The number of nitrogens with one attached hydrogen (secondary N) is 1. The molecule has 21 heavy (non-hydrogen) atoms. The van der Waals surface area contributed by atoms with Gasteiger partial charge in [0.2, 0.25) is 5.82 Å². The molecule has 0 aliphatic rings. The molecular formula is C13H6F5N3. The minimum atomic E-state index is -2.26. The Labute approximate surface area is 115 Å². The number of hydrogen-bond acceptors (Lipinski definition) is 3. The van der Waals surface area contributed by atoms with Crippen molar-refractivity contribution in [3.63, 3.8) is 0 Å². The average Bonchev–Trinajstić information content (AvgIpc) is 2.49. The number of nitrogen functional groups attached to an aromatic ring is 1. The second-order valence-corrected chi connectivity index (χ2v) is 3.95. The molecule has 0 bridgehead atoms. The molecule has 0 spiro atoms. The van der Waals surface area contributed by atoms with Crippen LogP contribution in [0.5, 0.6) is 0 Å². The van der Waals surface area contributed by atoms with Crippen molar-refractivity contribution < 1.29 is 22.0 Å². The Balaban J connectivity index is 2.59. The Hall–Kier alpha value is -2.82. The highest BCUT2D eigenvalue weighted by Crippen LogP contribution is 2.32. The van der Waals surface area contributed by atoms with E-state index in [0.717, 1.165) is 0 Å². The summed E-state index contributed by atoms with van der Waals surface area (Å²) in [5.74, 6) is -10.5. The van der Waals surface area contributed by atoms with Crippen LogP contribution < -0.4 is 11.1 Å². The normalized spacial score (nSPS) is 10.3. The smallest absolute Gasteiger partial charge is 0.200 e. The Morgan fingerprint density at radius 1 is 0.905 bits per heavy atom. The number of rotatable bonds is 2. The number of hydrogen-bond donors (Lipinski definition) is 2. The van der Waals surface area contributed by atoms with Crippen LogP contribution in [0.15, 0.2) is 18.2 Å². The second kappa shape index (κ2) is 5.28. The molecule has 3 nitrogen and oxygen atoms in total. The molecule has 108 valence electrons. The Morgan fingerprint density at radius 3 is 1.95 bits per heavy atom. The van der Waals surface area contributed by atoms with Crippen molar-refractivity contribution in [1.82, 2.24) is 0 Å². The van der Waals surface area contributed by atoms with Crippen molar-refractivity contribution >= 4 is 17.1 Å². The molecule has 0 fully saturated rings. The predicted molar refractivity (Wildman–Crippen MR) is 65.1 cm³/mol. The Bertz CT molecular complexity index is 738. The number of anilines is 3. The monoisotopic (exact) mass is 299 g/mol. The summed E-state index contributed by atoms with van der Waals surface area (Å²) in [6.45, 7) is 0. The summed E-state index contributed by atoms with van der Waals surface area (Å²) in [6, 6.07) is 5.62. The van der Waals surface area contributed by atoms with Gasteiger partial charge in [-0.2, -0.15) is 5.26 Å². The van der Waals surface area contributed by atoms with Gasteiger partial charge in [0.05, 0.1) is 16.9 Å². The molecule has 0 aliphatic heterocycles. The lowest BCUT2D eigenvalue weighted by Crippen LogP contribution is -2.08. The lowest BCUT2D eigenvalue weighted by molar-refractivity contribution is 0.382. The van der Waals surface area contributed by atoms with Crippen molar-refractivity contribution in [2.75, 3.05) is 11.1 Å². The van der Waals surface area contributed by atoms with Gasteiger partial charge in [-0.25, -0.2) is 22.0 Å². The van der Waals surface area contributed by atoms with Gasteiger partial charge in [0.1, 0.15) is 11.8 Å². The van der Waals surface area contributed by atoms with Crippen molar-refractivity contribution in [2.45, 2.75) is 0 Å². The van der Waals surface area contributed by atoms with E-state index in [1.807, 2.05) is 5.32 Å². The molecule has 0 radical (unpaired) electrons. The molecule has 0 atom stereocenters. The van der Waals surface area contributed by atoms with Gasteiger partial charge in [-0.15, -0.1) is 0 Å². The van der Waals surface area contributed by atoms with Crippen LogP contribution in [0, 0.1) is 40.4 Å². The summed E-state index contributed by atoms with van der Waals surface area (Å²) in [5, 5.41) is 10.8. The zero-order chi connectivity index (χ0) is 15.7. The number of halogens is 5. The predicted octanol–water partition coefficient (Wildman–Crippen LogP) is 3.58. The highest BCUT2D eigenvalue weighted by molar-refractivity contribution is 5.77. The average molecular weight is 299 g/mol. The number of nitrogens with zero attached hydrogens (tertiary/aromatic N) is 1. The molecule has 0 unspecified atom stereocenters. The molecule has 0 aromatic heterocycles. The summed E-state index contributed by atoms with van der Waals surface area (Å²) in [4.78, 5) is 0. The van der Waals surface area contributed by atoms with Crippen molar-refractivity contribution in [2.24, 2.45) is 0 Å². The van der Waals surface area contributed by atoms with Crippen LogP contribution in [0.1, 0.15) is 5.56 Å². The van der Waals surface area contributed by atoms with E-state index in [0.29, 0.717) is 0 Å². The van der Waals surface area contributed by atoms with Gasteiger partial charge in [-0.1, -0.05) is 6.07 Å². The zero-order valence-electron chi connectivity index (χ0n) is 10.1. The van der Waals surface area contributed by atoms with E-state index < -0.39 is 34.8 Å². The molecule has 2 aromatic carbocycles. The first-order chi connectivity index (χ1) is 9.88. The van der Waals surface area contributed by atoms with Crippen LogP contribution in [0.4, 0.5) is 39.0 Å². The molecule has 0 amide bonds. The van der Waals surface area contributed by atoms with Crippen LogP contribution in [-0.2, 0) is 0 Å². The fraction of sp³-hybridized carbons (Fsp3) is 0. The largest absolute Gasteiger partial charge is 0.396 e. The van der Waals surface area contributed by atoms with Gasteiger partial charge in [0.25, 0.3) is 0 Å². The maximum Gasteiger partial charge on any atom is 0.200 e. The van der Waals surface area contributed by atoms with Gasteiger partial charge >= 0.3 is 0 Å². The number of nitriles is 1. The lowest BCUT2D eigenvalue weighted by Gasteiger charge is -2.13. The number of nitrogens with two attached hydrogens (primary N) is 1. The second-order valence-electron chi connectivity index (χ2n) is 3.95. The van der Waals surface area contributed by atoms with Crippen LogP contribution in [0.2, 0.25) is 0 Å². The number of para-hydroxylation sites is 1. The third kappa shape index (κ3) is 2.33. The molecule has 0 heterocycles. The summed E-state index contributed by atoms with van der Waals surface area (Å²) in [5.41, 5.74) is 3.97. The SMILES string of the molecule is N#Cc1cccc(Nc2c(F)c(F)c(F)c(F)c2F)c1N. The van der Waals surface area contributed by atoms with Crippen molar-refractivity contribution in [3.05, 3.63) is 52.8 Å². The highest BCUT2D eigenvalue weighted by atomic mass is 19.2. The topological polar surface area (TPSA) is 61.8 Å². The molecule has 0 saturated carbocycles. The first-order valence-electron chi connectivity index (χ1n) is 5.45. The van der Waals surface area contributed by atoms with Gasteiger partial charge < -0.3 is 11.1 Å². The molecule has 2 aromatic rings. The minimum absolute atomic E-state index is 0.0103. The highest BCUT2D eigenvalue weighted by Gasteiger charge is 2.26. The molecule has 0 saturated heterocycles. The van der Waals surface area contributed by atoms with E-state index in [4.69, 9.17) is 11.0 Å². The summed E-state index contributed by atoms with van der Waals surface area (Å²) >= 11 is 0. The maximum absolute atomic E-state index is 13.5.